The van der Waals surface area contributed by atoms with E-state index in [2.05, 4.69) is 25.3 Å². The van der Waals surface area contributed by atoms with E-state index in [9.17, 15) is 14.0 Å². The second-order valence-corrected chi connectivity index (χ2v) is 8.34. The van der Waals surface area contributed by atoms with Crippen LogP contribution in [0.5, 0.6) is 0 Å². The van der Waals surface area contributed by atoms with Crippen LogP contribution in [-0.2, 0) is 19.1 Å². The minimum absolute atomic E-state index is 0.0127. The van der Waals surface area contributed by atoms with E-state index in [1.54, 1.807) is 31.3 Å². The average Bonchev–Trinajstić information content (AvgIpc) is 3.33. The van der Waals surface area contributed by atoms with Crippen molar-refractivity contribution < 1.29 is 28.6 Å². The number of imidazole rings is 1. The van der Waals surface area contributed by atoms with E-state index < -0.39 is 29.4 Å². The number of ether oxygens (including phenoxy) is 2. The Labute approximate surface area is 204 Å². The van der Waals surface area contributed by atoms with Crippen molar-refractivity contribution in [2.75, 3.05) is 32.1 Å². The van der Waals surface area contributed by atoms with Crippen LogP contribution in [0.1, 0.15) is 19.0 Å². The molecule has 3 N–H and O–H groups in total. The molecule has 1 fully saturated rings. The lowest BCUT2D eigenvalue weighted by atomic mass is 9.90. The number of nitrogens with zero attached hydrogens (tertiary/aromatic N) is 5. The van der Waals surface area contributed by atoms with Crippen molar-refractivity contribution in [3.05, 3.63) is 48.2 Å². The van der Waals surface area contributed by atoms with E-state index >= 15 is 0 Å². The first kappa shape index (κ1) is 24.7. The van der Waals surface area contributed by atoms with Gasteiger partial charge in [0, 0.05) is 18.8 Å². The molecule has 0 spiro atoms. The third kappa shape index (κ3) is 5.14. The van der Waals surface area contributed by atoms with Gasteiger partial charge in [-0.05, 0) is 37.3 Å². The molecule has 4 rings (SSSR count). The number of aliphatic carboxylic acids is 1. The Morgan fingerprint density at radius 2 is 1.97 bits per heavy atom. The van der Waals surface area contributed by atoms with Gasteiger partial charge in [0.15, 0.2) is 12.0 Å². The van der Waals surface area contributed by atoms with E-state index in [1.165, 1.54) is 25.4 Å². The number of aromatic amines is 1. The first-order chi connectivity index (χ1) is 17.2. The summed E-state index contributed by atoms with van der Waals surface area (Å²) in [6.07, 6.45) is 2.29. The summed E-state index contributed by atoms with van der Waals surface area (Å²) in [5.74, 6) is -1.54. The highest BCUT2D eigenvalue weighted by Crippen LogP contribution is 2.36. The molecule has 13 heteroatoms. The largest absolute Gasteiger partial charge is 0.480 e. The number of benzene rings is 1. The number of nitriles is 1. The minimum atomic E-state index is -1.07. The Balaban J connectivity index is 1.66. The summed E-state index contributed by atoms with van der Waals surface area (Å²) in [6, 6.07) is 7.30. The third-order valence-corrected chi connectivity index (χ3v) is 5.45. The molecule has 3 heterocycles. The summed E-state index contributed by atoms with van der Waals surface area (Å²) in [4.78, 5) is 40.4. The lowest BCUT2D eigenvalue weighted by Gasteiger charge is -2.36. The van der Waals surface area contributed by atoms with Gasteiger partial charge >= 0.3 is 5.97 Å². The van der Waals surface area contributed by atoms with Gasteiger partial charge < -0.3 is 24.9 Å². The molecule has 1 aliphatic rings. The van der Waals surface area contributed by atoms with Crippen molar-refractivity contribution in [2.45, 2.75) is 13.2 Å². The van der Waals surface area contributed by atoms with Gasteiger partial charge in [-0.3, -0.25) is 14.5 Å². The lowest BCUT2D eigenvalue weighted by molar-refractivity contribution is -0.233. The molecular formula is C23H22FN7O5. The van der Waals surface area contributed by atoms with Crippen molar-refractivity contribution in [3.8, 4) is 28.8 Å². The van der Waals surface area contributed by atoms with Crippen LogP contribution in [-0.4, -0.2) is 68.6 Å². The number of carbonyl (C=O) groups excluding carboxylic acids is 1. The first-order valence-electron chi connectivity index (χ1n) is 10.8. The normalized spacial score (nSPS) is 19.3. The van der Waals surface area contributed by atoms with Crippen molar-refractivity contribution >= 4 is 17.8 Å². The third-order valence-electron chi connectivity index (χ3n) is 5.45. The number of hydrogen-bond donors (Lipinski definition) is 3. The van der Waals surface area contributed by atoms with Gasteiger partial charge in [-0.1, -0.05) is 0 Å². The molecular weight excluding hydrogens is 473 g/mol. The minimum Gasteiger partial charge on any atom is -0.480 e. The number of anilines is 1. The van der Waals surface area contributed by atoms with Crippen molar-refractivity contribution in [3.63, 3.8) is 0 Å². The van der Waals surface area contributed by atoms with E-state index in [0.717, 1.165) is 4.90 Å². The summed E-state index contributed by atoms with van der Waals surface area (Å²) in [5.41, 5.74) is 0.793. The maximum Gasteiger partial charge on any atom is 0.322 e. The predicted octanol–water partition coefficient (Wildman–Crippen LogP) is 2.16. The number of carbonyl (C=O) groups is 2. The van der Waals surface area contributed by atoms with Gasteiger partial charge in [-0.15, -0.1) is 0 Å². The average molecular weight is 495 g/mol. The van der Waals surface area contributed by atoms with E-state index in [4.69, 9.17) is 19.8 Å². The van der Waals surface area contributed by atoms with Gasteiger partial charge in [0.25, 0.3) is 0 Å². The number of rotatable bonds is 7. The second kappa shape index (κ2) is 10.1. The zero-order valence-corrected chi connectivity index (χ0v) is 19.4. The van der Waals surface area contributed by atoms with Crippen LogP contribution in [0.2, 0.25) is 0 Å². The molecule has 1 aromatic carbocycles. The SMILES string of the molecule is CN(C#N)C(=O)C1(C)COC(c2nc(-c3ccc(F)cc3)c(-c3ccnc(NCC(=O)O)n3)[nH]2)OC1. The maximum absolute atomic E-state index is 13.5. The summed E-state index contributed by atoms with van der Waals surface area (Å²) in [5, 5.41) is 20.5. The van der Waals surface area contributed by atoms with Crippen LogP contribution in [0, 0.1) is 22.7 Å². The highest BCUT2D eigenvalue weighted by atomic mass is 19.1. The number of halogens is 1. The Morgan fingerprint density at radius 3 is 2.61 bits per heavy atom. The van der Waals surface area contributed by atoms with Gasteiger partial charge in [0.05, 0.1) is 35.7 Å². The van der Waals surface area contributed by atoms with Gasteiger partial charge in [0.2, 0.25) is 18.1 Å². The molecule has 0 saturated carbocycles. The van der Waals surface area contributed by atoms with Crippen molar-refractivity contribution in [1.82, 2.24) is 24.8 Å². The highest BCUT2D eigenvalue weighted by Gasteiger charge is 2.42. The topological polar surface area (TPSA) is 166 Å². The fraction of sp³-hybridized carbons (Fsp3) is 0.304. The molecule has 1 saturated heterocycles. The quantitative estimate of drug-likeness (QED) is 0.326. The number of hydrogen-bond acceptors (Lipinski definition) is 9. The Bertz CT molecular complexity index is 1310. The van der Waals surface area contributed by atoms with E-state index in [-0.39, 0.29) is 31.5 Å². The van der Waals surface area contributed by atoms with Crippen LogP contribution >= 0.6 is 0 Å². The monoisotopic (exact) mass is 495 g/mol. The number of carboxylic acid groups (broad SMARTS) is 1. The van der Waals surface area contributed by atoms with Crippen molar-refractivity contribution in [1.29, 1.82) is 5.26 Å². The number of carboxylic acids is 1. The van der Waals surface area contributed by atoms with Crippen LogP contribution in [0.3, 0.4) is 0 Å². The predicted molar refractivity (Wildman–Crippen MR) is 122 cm³/mol. The van der Waals surface area contributed by atoms with E-state index in [1.807, 2.05) is 0 Å². The zero-order valence-electron chi connectivity index (χ0n) is 19.4. The van der Waals surface area contributed by atoms with Gasteiger partial charge in [-0.2, -0.15) is 5.26 Å². The van der Waals surface area contributed by atoms with Crippen LogP contribution in [0.15, 0.2) is 36.5 Å². The molecule has 0 aliphatic carbocycles. The van der Waals surface area contributed by atoms with Crippen LogP contribution in [0.25, 0.3) is 22.6 Å². The summed E-state index contributed by atoms with van der Waals surface area (Å²) >= 11 is 0. The highest BCUT2D eigenvalue weighted by molar-refractivity contribution is 5.84. The first-order valence-corrected chi connectivity index (χ1v) is 10.8. The molecule has 0 atom stereocenters. The Hall–Kier alpha value is -4.41. The molecule has 0 unspecified atom stereocenters. The van der Waals surface area contributed by atoms with Crippen LogP contribution in [0.4, 0.5) is 10.3 Å². The van der Waals surface area contributed by atoms with Gasteiger partial charge in [0.1, 0.15) is 12.4 Å². The molecule has 36 heavy (non-hydrogen) atoms. The molecule has 186 valence electrons. The number of aromatic nitrogens is 4. The fourth-order valence-corrected chi connectivity index (χ4v) is 3.58. The second-order valence-electron chi connectivity index (χ2n) is 8.34. The number of H-pyrrole nitrogens is 1. The lowest BCUT2D eigenvalue weighted by Crippen LogP contribution is -2.47. The Kier molecular flexibility index (Phi) is 6.91. The molecule has 12 nitrogen and oxygen atoms in total. The van der Waals surface area contributed by atoms with Crippen LogP contribution < -0.4 is 5.32 Å². The van der Waals surface area contributed by atoms with Gasteiger partial charge in [-0.25, -0.2) is 19.3 Å². The molecule has 0 radical (unpaired) electrons. The fourth-order valence-electron chi connectivity index (χ4n) is 3.58. The summed E-state index contributed by atoms with van der Waals surface area (Å²) in [6.45, 7) is 1.25. The smallest absolute Gasteiger partial charge is 0.322 e. The summed E-state index contributed by atoms with van der Waals surface area (Å²) in [7, 11) is 1.37. The zero-order chi connectivity index (χ0) is 25.9. The molecule has 1 aliphatic heterocycles. The van der Waals surface area contributed by atoms with Crippen molar-refractivity contribution in [2.24, 2.45) is 5.41 Å². The molecule has 2 aromatic heterocycles. The summed E-state index contributed by atoms with van der Waals surface area (Å²) < 4.78 is 25.1. The molecule has 0 bridgehead atoms. The molecule has 1 amide bonds. The number of amides is 1. The van der Waals surface area contributed by atoms with E-state index in [0.29, 0.717) is 22.6 Å². The standard InChI is InChI=1S/C23H22FN7O5/c1-23(21(34)31(2)12-25)10-35-20(36-11-23)19-29-17(13-3-5-14(24)6-4-13)18(30-19)15-7-8-26-22(28-15)27-9-16(32)33/h3-8,20H,9-11H2,1-2H3,(H,29,30)(H,32,33)(H,26,27,28). The Morgan fingerprint density at radius 1 is 1.28 bits per heavy atom. The maximum atomic E-state index is 13.5. The molecule has 3 aromatic rings. The number of nitrogens with one attached hydrogen (secondary N) is 2.